The Bertz CT molecular complexity index is 159. The molecular weight excluding hydrogens is 202 g/mol. The van der Waals surface area contributed by atoms with Gasteiger partial charge in [0.2, 0.25) is 0 Å². The van der Waals surface area contributed by atoms with E-state index in [1.54, 1.807) is 13.8 Å². The lowest BCUT2D eigenvalue weighted by molar-refractivity contribution is -0.0298. The molecule has 3 nitrogen and oxygen atoms in total. The first-order valence-electron chi connectivity index (χ1n) is 6.33. The third-order valence-electron chi connectivity index (χ3n) is 3.77. The van der Waals surface area contributed by atoms with Gasteiger partial charge in [-0.05, 0) is 40.5 Å². The smallest absolute Gasteiger partial charge is 0.0664 e. The maximum Gasteiger partial charge on any atom is 0.0664 e. The predicted molar refractivity (Wildman–Crippen MR) is 68.4 cm³/mol. The fraction of sp³-hybridized carbons (Fsp3) is 1.00. The Morgan fingerprint density at radius 1 is 0.625 bits per heavy atom. The molecule has 0 saturated carbocycles. The third kappa shape index (κ3) is 4.04. The highest BCUT2D eigenvalue weighted by Crippen LogP contribution is 2.20. The SMILES string of the molecule is CC(C)C(C)N(C(C)C(C)O)C(C)C(C)O. The largest absolute Gasteiger partial charge is 0.392 e. The van der Waals surface area contributed by atoms with E-state index in [0.29, 0.717) is 12.0 Å². The van der Waals surface area contributed by atoms with Crippen molar-refractivity contribution >= 4 is 0 Å². The first kappa shape index (κ1) is 15.9. The summed E-state index contributed by atoms with van der Waals surface area (Å²) in [6, 6.07) is 0.457. The summed E-state index contributed by atoms with van der Waals surface area (Å²) in [6.07, 6.45) is -0.773. The second kappa shape index (κ2) is 6.58. The Morgan fingerprint density at radius 3 is 1.12 bits per heavy atom. The van der Waals surface area contributed by atoms with Gasteiger partial charge < -0.3 is 10.2 Å². The van der Waals surface area contributed by atoms with Crippen LogP contribution in [0.4, 0.5) is 0 Å². The van der Waals surface area contributed by atoms with Gasteiger partial charge in [0.25, 0.3) is 0 Å². The van der Waals surface area contributed by atoms with Crippen LogP contribution in [0.25, 0.3) is 0 Å². The van der Waals surface area contributed by atoms with E-state index in [0.717, 1.165) is 0 Å². The van der Waals surface area contributed by atoms with Crippen molar-refractivity contribution in [1.29, 1.82) is 0 Å². The van der Waals surface area contributed by atoms with Crippen LogP contribution in [0, 0.1) is 5.92 Å². The van der Waals surface area contributed by atoms with Crippen molar-refractivity contribution in [3.05, 3.63) is 0 Å². The topological polar surface area (TPSA) is 43.7 Å². The maximum absolute atomic E-state index is 9.73. The van der Waals surface area contributed by atoms with Gasteiger partial charge in [0, 0.05) is 18.1 Å². The van der Waals surface area contributed by atoms with Crippen LogP contribution in [0.5, 0.6) is 0 Å². The second-order valence-electron chi connectivity index (χ2n) is 5.39. The van der Waals surface area contributed by atoms with Crippen LogP contribution in [0.3, 0.4) is 0 Å². The summed E-state index contributed by atoms with van der Waals surface area (Å²) >= 11 is 0. The fourth-order valence-electron chi connectivity index (χ4n) is 1.96. The van der Waals surface area contributed by atoms with Gasteiger partial charge in [-0.25, -0.2) is 0 Å². The van der Waals surface area contributed by atoms with E-state index in [1.165, 1.54) is 0 Å². The molecule has 0 aromatic rings. The minimum absolute atomic E-state index is 0.0574. The molecule has 5 unspecified atom stereocenters. The zero-order chi connectivity index (χ0) is 13.0. The Kier molecular flexibility index (Phi) is 6.53. The summed E-state index contributed by atoms with van der Waals surface area (Å²) in [5.41, 5.74) is 0. The van der Waals surface area contributed by atoms with Crippen molar-refractivity contribution in [3.63, 3.8) is 0 Å². The standard InChI is InChI=1S/C13H29NO2/c1-8(2)9(3)14(10(4)12(6)15)11(5)13(7)16/h8-13,15-16H,1-7H3. The van der Waals surface area contributed by atoms with E-state index in [4.69, 9.17) is 0 Å². The first-order valence-corrected chi connectivity index (χ1v) is 6.33. The van der Waals surface area contributed by atoms with Gasteiger partial charge in [0.05, 0.1) is 12.2 Å². The molecule has 0 rings (SSSR count). The molecule has 98 valence electrons. The van der Waals surface area contributed by atoms with E-state index in [1.807, 2.05) is 13.8 Å². The molecule has 3 heteroatoms. The number of hydrogen-bond acceptors (Lipinski definition) is 3. The highest BCUT2D eigenvalue weighted by atomic mass is 16.3. The number of aliphatic hydroxyl groups excluding tert-OH is 2. The van der Waals surface area contributed by atoms with Crippen LogP contribution in [-0.2, 0) is 0 Å². The molecule has 0 bridgehead atoms. The van der Waals surface area contributed by atoms with Gasteiger partial charge in [-0.3, -0.25) is 4.90 Å². The number of aliphatic hydroxyl groups is 2. The van der Waals surface area contributed by atoms with Crippen molar-refractivity contribution in [2.24, 2.45) is 5.92 Å². The lowest BCUT2D eigenvalue weighted by Gasteiger charge is -2.43. The number of nitrogens with zero attached hydrogens (tertiary/aromatic N) is 1. The van der Waals surface area contributed by atoms with E-state index in [9.17, 15) is 10.2 Å². The van der Waals surface area contributed by atoms with E-state index in [-0.39, 0.29) is 24.3 Å². The second-order valence-corrected chi connectivity index (χ2v) is 5.39. The molecule has 0 saturated heterocycles. The van der Waals surface area contributed by atoms with E-state index >= 15 is 0 Å². The predicted octanol–water partition coefficient (Wildman–Crippen LogP) is 1.87. The summed E-state index contributed by atoms with van der Waals surface area (Å²) in [4.78, 5) is 2.22. The third-order valence-corrected chi connectivity index (χ3v) is 3.77. The Morgan fingerprint density at radius 2 is 0.938 bits per heavy atom. The Hall–Kier alpha value is -0.120. The Balaban J connectivity index is 4.89. The zero-order valence-electron chi connectivity index (χ0n) is 11.8. The molecular formula is C13H29NO2. The van der Waals surface area contributed by atoms with Crippen molar-refractivity contribution in [3.8, 4) is 0 Å². The molecule has 0 spiro atoms. The minimum Gasteiger partial charge on any atom is -0.392 e. The minimum atomic E-state index is -0.387. The molecule has 16 heavy (non-hydrogen) atoms. The van der Waals surface area contributed by atoms with Gasteiger partial charge in [-0.1, -0.05) is 13.8 Å². The number of hydrogen-bond donors (Lipinski definition) is 2. The maximum atomic E-state index is 9.73. The van der Waals surface area contributed by atoms with Crippen LogP contribution in [0.2, 0.25) is 0 Å². The highest BCUT2D eigenvalue weighted by molar-refractivity contribution is 4.85. The monoisotopic (exact) mass is 231 g/mol. The zero-order valence-corrected chi connectivity index (χ0v) is 11.8. The molecule has 0 aliphatic heterocycles. The molecule has 0 aromatic heterocycles. The molecule has 0 heterocycles. The van der Waals surface area contributed by atoms with Gasteiger partial charge in [-0.2, -0.15) is 0 Å². The average Bonchev–Trinajstić information content (AvgIpc) is 2.16. The van der Waals surface area contributed by atoms with Gasteiger partial charge in [0.1, 0.15) is 0 Å². The van der Waals surface area contributed by atoms with E-state index in [2.05, 4.69) is 25.7 Å². The molecule has 0 aromatic carbocycles. The number of rotatable bonds is 6. The molecule has 0 radical (unpaired) electrons. The van der Waals surface area contributed by atoms with Crippen molar-refractivity contribution in [2.75, 3.05) is 0 Å². The van der Waals surface area contributed by atoms with Gasteiger partial charge in [0.15, 0.2) is 0 Å². The highest BCUT2D eigenvalue weighted by Gasteiger charge is 2.31. The van der Waals surface area contributed by atoms with Gasteiger partial charge >= 0.3 is 0 Å². The Labute approximate surface area is 100 Å². The van der Waals surface area contributed by atoms with Crippen LogP contribution >= 0.6 is 0 Å². The summed E-state index contributed by atoms with van der Waals surface area (Å²) in [5.74, 6) is 0.502. The molecule has 2 N–H and O–H groups in total. The average molecular weight is 231 g/mol. The fourth-order valence-corrected chi connectivity index (χ4v) is 1.96. The molecule has 5 atom stereocenters. The quantitative estimate of drug-likeness (QED) is 0.733. The summed E-state index contributed by atoms with van der Waals surface area (Å²) in [6.45, 7) is 14.1. The van der Waals surface area contributed by atoms with Crippen LogP contribution in [0.1, 0.15) is 48.5 Å². The lowest BCUT2D eigenvalue weighted by Crippen LogP contribution is -2.55. The summed E-state index contributed by atoms with van der Waals surface area (Å²) < 4.78 is 0. The lowest BCUT2D eigenvalue weighted by atomic mass is 9.97. The first-order chi connectivity index (χ1) is 7.20. The van der Waals surface area contributed by atoms with Crippen molar-refractivity contribution in [1.82, 2.24) is 4.90 Å². The molecule has 0 fully saturated rings. The van der Waals surface area contributed by atoms with Crippen LogP contribution in [-0.4, -0.2) is 45.4 Å². The summed E-state index contributed by atoms with van der Waals surface area (Å²) in [7, 11) is 0. The van der Waals surface area contributed by atoms with Crippen LogP contribution < -0.4 is 0 Å². The van der Waals surface area contributed by atoms with Crippen molar-refractivity contribution < 1.29 is 10.2 Å². The molecule has 0 aliphatic rings. The van der Waals surface area contributed by atoms with E-state index < -0.39 is 0 Å². The molecule has 0 amide bonds. The van der Waals surface area contributed by atoms with Crippen molar-refractivity contribution in [2.45, 2.75) is 78.8 Å². The van der Waals surface area contributed by atoms with Crippen LogP contribution in [0.15, 0.2) is 0 Å². The molecule has 0 aliphatic carbocycles. The summed E-state index contributed by atoms with van der Waals surface area (Å²) in [5, 5.41) is 19.5. The normalized spacial score (nSPS) is 21.9. The van der Waals surface area contributed by atoms with Gasteiger partial charge in [-0.15, -0.1) is 0 Å².